The molecule has 0 bridgehead atoms. The summed E-state index contributed by atoms with van der Waals surface area (Å²) in [6.07, 6.45) is 3.77. The van der Waals surface area contributed by atoms with E-state index in [4.69, 9.17) is 16.3 Å². The van der Waals surface area contributed by atoms with Gasteiger partial charge in [0.1, 0.15) is 12.4 Å². The Morgan fingerprint density at radius 2 is 1.64 bits per heavy atom. The Balaban J connectivity index is 1.43. The second-order valence-electron chi connectivity index (χ2n) is 5.98. The number of hydrogen-bond acceptors (Lipinski definition) is 2. The van der Waals surface area contributed by atoms with E-state index in [1.165, 1.54) is 31.5 Å². The lowest BCUT2D eigenvalue weighted by Gasteiger charge is -2.26. The summed E-state index contributed by atoms with van der Waals surface area (Å²) in [7, 11) is 0. The number of ether oxygens (including phenoxy) is 1. The number of hydrogen-bond donors (Lipinski definition) is 1. The Bertz CT molecular complexity index is 575. The van der Waals surface area contributed by atoms with Gasteiger partial charge in [-0.05, 0) is 73.7 Å². The van der Waals surface area contributed by atoms with E-state index in [9.17, 15) is 0 Å². The minimum Gasteiger partial charge on any atom is -0.489 e. The highest BCUT2D eigenvalue weighted by Gasteiger charge is 2.15. The molecule has 116 valence electrons. The van der Waals surface area contributed by atoms with Crippen molar-refractivity contribution in [2.75, 3.05) is 13.1 Å². The van der Waals surface area contributed by atoms with Crippen LogP contribution in [0, 0.1) is 5.92 Å². The van der Waals surface area contributed by atoms with Crippen molar-refractivity contribution in [3.8, 4) is 5.75 Å². The van der Waals surface area contributed by atoms with Gasteiger partial charge in [0.15, 0.2) is 0 Å². The van der Waals surface area contributed by atoms with Gasteiger partial charge in [-0.3, -0.25) is 0 Å². The summed E-state index contributed by atoms with van der Waals surface area (Å²) in [6.45, 7) is 2.99. The smallest absolute Gasteiger partial charge is 0.119 e. The quantitative estimate of drug-likeness (QED) is 0.814. The first-order valence-electron chi connectivity index (χ1n) is 7.96. The Labute approximate surface area is 137 Å². The first-order valence-corrected chi connectivity index (χ1v) is 8.34. The maximum atomic E-state index is 5.88. The molecule has 22 heavy (non-hydrogen) atoms. The first kappa shape index (κ1) is 15.4. The van der Waals surface area contributed by atoms with Gasteiger partial charge in [0, 0.05) is 5.02 Å². The molecular formula is C19H22ClNO. The highest BCUT2D eigenvalue weighted by Crippen LogP contribution is 2.18. The fourth-order valence-corrected chi connectivity index (χ4v) is 2.77. The van der Waals surface area contributed by atoms with Gasteiger partial charge in [-0.1, -0.05) is 35.9 Å². The number of aryl methyl sites for hydroxylation is 1. The Kier molecular flexibility index (Phi) is 5.36. The summed E-state index contributed by atoms with van der Waals surface area (Å²) >= 11 is 5.88. The van der Waals surface area contributed by atoms with Gasteiger partial charge in [0.05, 0.1) is 0 Å². The predicted molar refractivity (Wildman–Crippen MR) is 91.5 cm³/mol. The summed E-state index contributed by atoms with van der Waals surface area (Å²) in [5.74, 6) is 1.82. The van der Waals surface area contributed by atoms with Crippen molar-refractivity contribution in [3.05, 3.63) is 64.7 Å². The summed E-state index contributed by atoms with van der Waals surface area (Å²) in [5, 5.41) is 4.08. The van der Waals surface area contributed by atoms with E-state index < -0.39 is 0 Å². The molecule has 3 rings (SSSR count). The third-order valence-electron chi connectivity index (χ3n) is 4.19. The third kappa shape index (κ3) is 4.49. The topological polar surface area (TPSA) is 21.3 Å². The lowest BCUT2D eigenvalue weighted by Crippen LogP contribution is -2.41. The minimum absolute atomic E-state index is 0.575. The van der Waals surface area contributed by atoms with Crippen LogP contribution in [0.25, 0.3) is 0 Å². The maximum absolute atomic E-state index is 5.88. The Morgan fingerprint density at radius 1 is 0.955 bits per heavy atom. The largest absolute Gasteiger partial charge is 0.489 e. The van der Waals surface area contributed by atoms with Crippen LogP contribution >= 0.6 is 11.6 Å². The highest BCUT2D eigenvalue weighted by atomic mass is 35.5. The van der Waals surface area contributed by atoms with Crippen LogP contribution in [0.3, 0.4) is 0 Å². The molecule has 0 aliphatic carbocycles. The van der Waals surface area contributed by atoms with Crippen LogP contribution in [0.1, 0.15) is 24.0 Å². The molecule has 0 saturated carbocycles. The van der Waals surface area contributed by atoms with E-state index in [1.54, 1.807) is 0 Å². The molecular weight excluding hydrogens is 294 g/mol. The minimum atomic E-state index is 0.575. The molecule has 0 atom stereocenters. The van der Waals surface area contributed by atoms with Crippen LogP contribution in [-0.2, 0) is 13.0 Å². The molecule has 3 heteroatoms. The van der Waals surface area contributed by atoms with Crippen molar-refractivity contribution >= 4 is 11.6 Å². The van der Waals surface area contributed by atoms with Crippen molar-refractivity contribution < 1.29 is 4.74 Å². The molecule has 1 fully saturated rings. The van der Waals surface area contributed by atoms with E-state index >= 15 is 0 Å². The number of halogens is 1. The van der Waals surface area contributed by atoms with E-state index in [1.807, 2.05) is 24.3 Å². The van der Waals surface area contributed by atoms with Crippen LogP contribution in [0.4, 0.5) is 0 Å². The number of nitrogens with one attached hydrogen (secondary N) is 1. The molecule has 2 nitrogen and oxygen atoms in total. The van der Waals surface area contributed by atoms with Gasteiger partial charge in [-0.25, -0.2) is 0 Å². The zero-order chi connectivity index (χ0) is 15.2. The lowest BCUT2D eigenvalue weighted by molar-refractivity contribution is 0.306. The van der Waals surface area contributed by atoms with E-state index in [0.717, 1.165) is 28.7 Å². The molecule has 0 aromatic heterocycles. The van der Waals surface area contributed by atoms with Crippen LogP contribution in [-0.4, -0.2) is 13.1 Å². The molecule has 0 unspecified atom stereocenters. The number of benzene rings is 2. The molecule has 0 radical (unpaired) electrons. The second-order valence-corrected chi connectivity index (χ2v) is 6.41. The third-order valence-corrected chi connectivity index (χ3v) is 4.44. The van der Waals surface area contributed by atoms with Gasteiger partial charge < -0.3 is 10.1 Å². The monoisotopic (exact) mass is 315 g/mol. The van der Waals surface area contributed by atoms with Crippen LogP contribution in [0.15, 0.2) is 48.5 Å². The van der Waals surface area contributed by atoms with Gasteiger partial charge >= 0.3 is 0 Å². The zero-order valence-corrected chi connectivity index (χ0v) is 13.5. The second kappa shape index (κ2) is 7.66. The SMILES string of the molecule is Clc1ccc(COc2ccc(CCCC3CNC3)cc2)cc1. The van der Waals surface area contributed by atoms with E-state index in [-0.39, 0.29) is 0 Å². The molecule has 0 amide bonds. The summed E-state index contributed by atoms with van der Waals surface area (Å²) in [6, 6.07) is 16.2. The van der Waals surface area contributed by atoms with Crippen LogP contribution < -0.4 is 10.1 Å². The fourth-order valence-electron chi connectivity index (χ4n) is 2.65. The molecule has 1 saturated heterocycles. The van der Waals surface area contributed by atoms with E-state index in [0.29, 0.717) is 6.61 Å². The number of rotatable bonds is 7. The van der Waals surface area contributed by atoms with Gasteiger partial charge in [0.2, 0.25) is 0 Å². The highest BCUT2D eigenvalue weighted by molar-refractivity contribution is 6.30. The van der Waals surface area contributed by atoms with Crippen molar-refractivity contribution in [1.82, 2.24) is 5.32 Å². The predicted octanol–water partition coefficient (Wildman–Crippen LogP) is 4.46. The summed E-state index contributed by atoms with van der Waals surface area (Å²) < 4.78 is 5.80. The zero-order valence-electron chi connectivity index (χ0n) is 12.7. The average Bonchev–Trinajstić information content (AvgIpc) is 2.50. The maximum Gasteiger partial charge on any atom is 0.119 e. The normalized spacial score (nSPS) is 14.6. The van der Waals surface area contributed by atoms with Crippen LogP contribution in [0.5, 0.6) is 5.75 Å². The molecule has 2 aromatic carbocycles. The van der Waals surface area contributed by atoms with Gasteiger partial charge in [-0.15, -0.1) is 0 Å². The average molecular weight is 316 g/mol. The molecule has 1 N–H and O–H groups in total. The Hall–Kier alpha value is -1.51. The first-order chi connectivity index (χ1) is 10.8. The van der Waals surface area contributed by atoms with Crippen molar-refractivity contribution in [3.63, 3.8) is 0 Å². The van der Waals surface area contributed by atoms with Crippen molar-refractivity contribution in [2.45, 2.75) is 25.9 Å². The summed E-state index contributed by atoms with van der Waals surface area (Å²) in [4.78, 5) is 0. The van der Waals surface area contributed by atoms with E-state index in [2.05, 4.69) is 29.6 Å². The van der Waals surface area contributed by atoms with Crippen molar-refractivity contribution in [1.29, 1.82) is 0 Å². The molecule has 0 spiro atoms. The van der Waals surface area contributed by atoms with Gasteiger partial charge in [-0.2, -0.15) is 0 Å². The molecule has 1 aliphatic heterocycles. The van der Waals surface area contributed by atoms with Crippen molar-refractivity contribution in [2.24, 2.45) is 5.92 Å². The lowest BCUT2D eigenvalue weighted by atomic mass is 9.95. The summed E-state index contributed by atoms with van der Waals surface area (Å²) in [5.41, 5.74) is 2.52. The fraction of sp³-hybridized carbons (Fsp3) is 0.368. The standard InChI is InChI=1S/C19H22ClNO/c20-18-8-4-16(5-9-18)14-22-19-10-6-15(7-11-19)2-1-3-17-12-21-13-17/h4-11,17,21H,1-3,12-14H2. The van der Waals surface area contributed by atoms with Gasteiger partial charge in [0.25, 0.3) is 0 Å². The molecule has 1 aliphatic rings. The Morgan fingerprint density at radius 3 is 2.27 bits per heavy atom. The van der Waals surface area contributed by atoms with Crippen LogP contribution in [0.2, 0.25) is 5.02 Å². The molecule has 1 heterocycles. The molecule has 2 aromatic rings.